The van der Waals surface area contributed by atoms with E-state index in [9.17, 15) is 8.42 Å². The van der Waals surface area contributed by atoms with Crippen LogP contribution in [0.25, 0.3) is 0 Å². The number of benzene rings is 1. The standard InChI is InChI=1S/C13H21NO3S/c1-11(2)12-5-7-13(8-6-12)14-18(16,17)10-4-3-9-15/h5-8,11,14-15H,3-4,9-10H2,1-2H3. The van der Waals surface area contributed by atoms with E-state index in [2.05, 4.69) is 18.6 Å². The van der Waals surface area contributed by atoms with Gasteiger partial charge in [0.15, 0.2) is 0 Å². The van der Waals surface area contributed by atoms with E-state index >= 15 is 0 Å². The smallest absolute Gasteiger partial charge is 0.232 e. The van der Waals surface area contributed by atoms with Crippen LogP contribution in [-0.2, 0) is 10.0 Å². The number of anilines is 1. The van der Waals surface area contributed by atoms with Crippen LogP contribution < -0.4 is 4.72 Å². The number of hydrogen-bond donors (Lipinski definition) is 2. The van der Waals surface area contributed by atoms with Gasteiger partial charge in [0.1, 0.15) is 0 Å². The Hall–Kier alpha value is -1.07. The van der Waals surface area contributed by atoms with Crippen LogP contribution in [0.2, 0.25) is 0 Å². The van der Waals surface area contributed by atoms with Crippen molar-refractivity contribution in [2.75, 3.05) is 17.1 Å². The molecule has 5 heteroatoms. The average Bonchev–Trinajstić information content (AvgIpc) is 2.29. The summed E-state index contributed by atoms with van der Waals surface area (Å²) in [7, 11) is -3.30. The van der Waals surface area contributed by atoms with E-state index < -0.39 is 10.0 Å². The van der Waals surface area contributed by atoms with Gasteiger partial charge in [-0.25, -0.2) is 8.42 Å². The zero-order chi connectivity index (χ0) is 13.6. The van der Waals surface area contributed by atoms with Gasteiger partial charge in [-0.1, -0.05) is 26.0 Å². The normalized spacial score (nSPS) is 11.8. The lowest BCUT2D eigenvalue weighted by Crippen LogP contribution is -2.16. The third-order valence-corrected chi connectivity index (χ3v) is 4.04. The lowest BCUT2D eigenvalue weighted by atomic mass is 10.0. The molecule has 0 unspecified atom stereocenters. The Morgan fingerprint density at radius 3 is 2.28 bits per heavy atom. The summed E-state index contributed by atoms with van der Waals surface area (Å²) in [6.45, 7) is 4.21. The van der Waals surface area contributed by atoms with Gasteiger partial charge in [0, 0.05) is 12.3 Å². The summed E-state index contributed by atoms with van der Waals surface area (Å²) in [5, 5.41) is 8.62. The lowest BCUT2D eigenvalue weighted by Gasteiger charge is -2.09. The van der Waals surface area contributed by atoms with Gasteiger partial charge in [0.25, 0.3) is 0 Å². The van der Waals surface area contributed by atoms with Crippen molar-refractivity contribution in [2.45, 2.75) is 32.6 Å². The maximum atomic E-state index is 11.7. The van der Waals surface area contributed by atoms with Gasteiger partial charge in [-0.05, 0) is 36.5 Å². The van der Waals surface area contributed by atoms with E-state index in [1.165, 1.54) is 5.56 Å². The second-order valence-electron chi connectivity index (χ2n) is 4.63. The summed E-state index contributed by atoms with van der Waals surface area (Å²) >= 11 is 0. The topological polar surface area (TPSA) is 66.4 Å². The molecule has 0 aliphatic heterocycles. The molecule has 0 radical (unpaired) electrons. The highest BCUT2D eigenvalue weighted by molar-refractivity contribution is 7.92. The Labute approximate surface area is 109 Å². The highest BCUT2D eigenvalue weighted by Crippen LogP contribution is 2.18. The molecule has 1 aromatic rings. The van der Waals surface area contributed by atoms with Crippen molar-refractivity contribution >= 4 is 15.7 Å². The Bertz CT molecular complexity index is 452. The third kappa shape index (κ3) is 5.06. The maximum Gasteiger partial charge on any atom is 0.232 e. The fourth-order valence-corrected chi connectivity index (χ4v) is 2.75. The van der Waals surface area contributed by atoms with Crippen LogP contribution in [0, 0.1) is 0 Å². The van der Waals surface area contributed by atoms with E-state index in [0.29, 0.717) is 24.4 Å². The van der Waals surface area contributed by atoms with Crippen molar-refractivity contribution < 1.29 is 13.5 Å². The first-order valence-electron chi connectivity index (χ1n) is 6.16. The minimum atomic E-state index is -3.30. The van der Waals surface area contributed by atoms with Crippen LogP contribution in [0.3, 0.4) is 0 Å². The van der Waals surface area contributed by atoms with Crippen molar-refractivity contribution in [2.24, 2.45) is 0 Å². The van der Waals surface area contributed by atoms with Crippen molar-refractivity contribution in [3.63, 3.8) is 0 Å². The number of unbranched alkanes of at least 4 members (excludes halogenated alkanes) is 1. The fraction of sp³-hybridized carbons (Fsp3) is 0.538. The number of rotatable bonds is 7. The Balaban J connectivity index is 2.61. The SMILES string of the molecule is CC(C)c1ccc(NS(=O)(=O)CCCCO)cc1. The van der Waals surface area contributed by atoms with E-state index in [4.69, 9.17) is 5.11 Å². The van der Waals surface area contributed by atoms with Crippen LogP contribution >= 0.6 is 0 Å². The summed E-state index contributed by atoms with van der Waals surface area (Å²) < 4.78 is 25.9. The number of sulfonamides is 1. The molecular formula is C13H21NO3S. The highest BCUT2D eigenvalue weighted by Gasteiger charge is 2.10. The predicted octanol–water partition coefficient (Wildman–Crippen LogP) is 2.32. The van der Waals surface area contributed by atoms with Gasteiger partial charge in [-0.15, -0.1) is 0 Å². The molecule has 4 nitrogen and oxygen atoms in total. The molecule has 102 valence electrons. The van der Waals surface area contributed by atoms with E-state index in [0.717, 1.165) is 0 Å². The van der Waals surface area contributed by atoms with Crippen molar-refractivity contribution in [3.05, 3.63) is 29.8 Å². The van der Waals surface area contributed by atoms with Crippen LogP contribution in [0.4, 0.5) is 5.69 Å². The van der Waals surface area contributed by atoms with E-state index in [1.807, 2.05) is 12.1 Å². The molecule has 2 N–H and O–H groups in total. The fourth-order valence-electron chi connectivity index (χ4n) is 1.57. The monoisotopic (exact) mass is 271 g/mol. The molecule has 0 fully saturated rings. The molecule has 0 heterocycles. The van der Waals surface area contributed by atoms with Crippen LogP contribution in [0.15, 0.2) is 24.3 Å². The minimum Gasteiger partial charge on any atom is -0.396 e. The van der Waals surface area contributed by atoms with Gasteiger partial charge in [-0.2, -0.15) is 0 Å². The third-order valence-electron chi connectivity index (χ3n) is 2.67. The zero-order valence-electron chi connectivity index (χ0n) is 10.9. The number of aliphatic hydroxyl groups excluding tert-OH is 1. The second-order valence-corrected chi connectivity index (χ2v) is 6.47. The average molecular weight is 271 g/mol. The first kappa shape index (κ1) is 15.0. The predicted molar refractivity (Wildman–Crippen MR) is 74.3 cm³/mol. The van der Waals surface area contributed by atoms with Gasteiger partial charge in [0.05, 0.1) is 5.75 Å². The molecule has 0 aliphatic carbocycles. The molecule has 0 spiro atoms. The second kappa shape index (κ2) is 6.75. The Morgan fingerprint density at radius 1 is 1.17 bits per heavy atom. The molecule has 0 bridgehead atoms. The Kier molecular flexibility index (Phi) is 5.62. The number of hydrogen-bond acceptors (Lipinski definition) is 3. The van der Waals surface area contributed by atoms with Gasteiger partial charge >= 0.3 is 0 Å². The number of aliphatic hydroxyl groups is 1. The Morgan fingerprint density at radius 2 is 1.78 bits per heavy atom. The molecule has 0 saturated heterocycles. The molecule has 0 saturated carbocycles. The number of nitrogens with one attached hydrogen (secondary N) is 1. The molecule has 0 aromatic heterocycles. The summed E-state index contributed by atoms with van der Waals surface area (Å²) in [4.78, 5) is 0. The highest BCUT2D eigenvalue weighted by atomic mass is 32.2. The van der Waals surface area contributed by atoms with Crippen molar-refractivity contribution in [3.8, 4) is 0 Å². The summed E-state index contributed by atoms with van der Waals surface area (Å²) in [5.41, 5.74) is 1.77. The molecule has 0 aliphatic rings. The molecule has 0 amide bonds. The first-order valence-corrected chi connectivity index (χ1v) is 7.81. The van der Waals surface area contributed by atoms with E-state index in [1.54, 1.807) is 12.1 Å². The van der Waals surface area contributed by atoms with Crippen molar-refractivity contribution in [1.82, 2.24) is 0 Å². The van der Waals surface area contributed by atoms with Crippen LogP contribution in [0.5, 0.6) is 0 Å². The molecule has 18 heavy (non-hydrogen) atoms. The summed E-state index contributed by atoms with van der Waals surface area (Å²) in [6, 6.07) is 7.41. The molecule has 1 aromatic carbocycles. The first-order chi connectivity index (χ1) is 8.44. The molecular weight excluding hydrogens is 250 g/mol. The van der Waals surface area contributed by atoms with Gasteiger partial charge in [-0.3, -0.25) is 4.72 Å². The lowest BCUT2D eigenvalue weighted by molar-refractivity contribution is 0.287. The zero-order valence-corrected chi connectivity index (χ0v) is 11.7. The summed E-state index contributed by atoms with van der Waals surface area (Å²) in [5.74, 6) is 0.472. The van der Waals surface area contributed by atoms with E-state index in [-0.39, 0.29) is 12.4 Å². The molecule has 0 atom stereocenters. The van der Waals surface area contributed by atoms with Crippen LogP contribution in [0.1, 0.15) is 38.2 Å². The van der Waals surface area contributed by atoms with Gasteiger partial charge < -0.3 is 5.11 Å². The maximum absolute atomic E-state index is 11.7. The van der Waals surface area contributed by atoms with Gasteiger partial charge in [0.2, 0.25) is 10.0 Å². The largest absolute Gasteiger partial charge is 0.396 e. The van der Waals surface area contributed by atoms with Crippen molar-refractivity contribution in [1.29, 1.82) is 0 Å². The molecule has 1 rings (SSSR count). The van der Waals surface area contributed by atoms with Crippen LogP contribution in [-0.4, -0.2) is 25.9 Å². The summed E-state index contributed by atoms with van der Waals surface area (Å²) in [6.07, 6.45) is 0.975. The minimum absolute atomic E-state index is 0.0264. The quantitative estimate of drug-likeness (QED) is 0.748.